The lowest BCUT2D eigenvalue weighted by molar-refractivity contribution is 1.29. The maximum atomic E-state index is 8.84. The van der Waals surface area contributed by atoms with Gasteiger partial charge in [0, 0.05) is 16.2 Å². The van der Waals surface area contributed by atoms with Crippen LogP contribution >= 0.6 is 15.9 Å². The first-order valence-corrected chi connectivity index (χ1v) is 5.71. The van der Waals surface area contributed by atoms with Crippen molar-refractivity contribution >= 4 is 15.9 Å². The molecule has 1 heterocycles. The third kappa shape index (κ3) is 3.17. The van der Waals surface area contributed by atoms with Gasteiger partial charge in [0.25, 0.3) is 0 Å². The Bertz CT molecular complexity index is 631. The van der Waals surface area contributed by atoms with E-state index in [-0.39, 0.29) is 0 Å². The molecule has 0 aliphatic heterocycles. The first kappa shape index (κ1) is 11.4. The van der Waals surface area contributed by atoms with Crippen molar-refractivity contribution in [3.63, 3.8) is 0 Å². The zero-order valence-corrected chi connectivity index (χ0v) is 10.4. The van der Waals surface area contributed by atoms with Gasteiger partial charge in [0.05, 0.1) is 11.6 Å². The Morgan fingerprint density at radius 1 is 1.06 bits per heavy atom. The molecule has 0 bridgehead atoms. The highest BCUT2D eigenvalue weighted by Crippen LogP contribution is 2.14. The molecule has 2 aromatic rings. The molecule has 3 heteroatoms. The van der Waals surface area contributed by atoms with Crippen LogP contribution in [0.3, 0.4) is 0 Å². The monoisotopic (exact) mass is 282 g/mol. The quantitative estimate of drug-likeness (QED) is 0.696. The fourth-order valence-corrected chi connectivity index (χ4v) is 1.79. The highest BCUT2D eigenvalue weighted by molar-refractivity contribution is 9.10. The summed E-state index contributed by atoms with van der Waals surface area (Å²) in [6, 6.07) is 13.0. The number of rotatable bonds is 0. The zero-order valence-electron chi connectivity index (χ0n) is 8.81. The summed E-state index contributed by atoms with van der Waals surface area (Å²) in [5, 5.41) is 8.84. The summed E-state index contributed by atoms with van der Waals surface area (Å²) in [4.78, 5) is 4.11. The summed E-state index contributed by atoms with van der Waals surface area (Å²) in [6.45, 7) is 0. The Hall–Kier alpha value is -2.10. The number of nitrogens with zero attached hydrogens (tertiary/aromatic N) is 2. The summed E-state index contributed by atoms with van der Waals surface area (Å²) >= 11 is 3.35. The van der Waals surface area contributed by atoms with Gasteiger partial charge in [0.1, 0.15) is 5.69 Å². The van der Waals surface area contributed by atoms with Crippen LogP contribution in [-0.2, 0) is 0 Å². The molecule has 0 aliphatic rings. The number of hydrogen-bond donors (Lipinski definition) is 0. The summed E-state index contributed by atoms with van der Waals surface area (Å²) in [7, 11) is 0. The van der Waals surface area contributed by atoms with Gasteiger partial charge in [-0.05, 0) is 36.3 Å². The average molecular weight is 283 g/mol. The highest BCUT2D eigenvalue weighted by atomic mass is 79.9. The van der Waals surface area contributed by atoms with E-state index in [1.165, 1.54) is 0 Å². The van der Waals surface area contributed by atoms with Crippen molar-refractivity contribution in [2.75, 3.05) is 0 Å². The molecular formula is C14H7BrN2. The lowest BCUT2D eigenvalue weighted by Crippen LogP contribution is -1.82. The topological polar surface area (TPSA) is 36.7 Å². The predicted octanol–water partition coefficient (Wildman–Crippen LogP) is 3.12. The number of pyridine rings is 1. The van der Waals surface area contributed by atoms with Gasteiger partial charge < -0.3 is 0 Å². The van der Waals surface area contributed by atoms with E-state index in [2.05, 4.69) is 38.8 Å². The van der Waals surface area contributed by atoms with Crippen molar-refractivity contribution in [1.29, 1.82) is 5.26 Å². The van der Waals surface area contributed by atoms with E-state index in [1.807, 2.05) is 24.3 Å². The molecule has 80 valence electrons. The van der Waals surface area contributed by atoms with Crippen molar-refractivity contribution in [2.45, 2.75) is 0 Å². The standard InChI is InChI=1S/C14H7BrN2/c15-13-8-11(7-12(9-13)10-16)4-5-14-3-1-2-6-17-14/h1-3,6-9H. The molecule has 1 aromatic carbocycles. The zero-order chi connectivity index (χ0) is 12.1. The molecule has 17 heavy (non-hydrogen) atoms. The molecule has 2 nitrogen and oxygen atoms in total. The van der Waals surface area contributed by atoms with Crippen LogP contribution in [0.2, 0.25) is 0 Å². The van der Waals surface area contributed by atoms with Crippen molar-refractivity contribution in [2.24, 2.45) is 0 Å². The number of benzene rings is 1. The van der Waals surface area contributed by atoms with Gasteiger partial charge in [0.2, 0.25) is 0 Å². The van der Waals surface area contributed by atoms with E-state index in [0.29, 0.717) is 11.3 Å². The molecule has 2 rings (SSSR count). The Morgan fingerprint density at radius 2 is 1.88 bits per heavy atom. The largest absolute Gasteiger partial charge is 0.248 e. The molecule has 0 radical (unpaired) electrons. The van der Waals surface area contributed by atoms with Crippen LogP contribution in [0, 0.1) is 23.2 Å². The lowest BCUT2D eigenvalue weighted by Gasteiger charge is -1.94. The molecule has 0 amide bonds. The predicted molar refractivity (Wildman–Crippen MR) is 69.1 cm³/mol. The van der Waals surface area contributed by atoms with Crippen molar-refractivity contribution < 1.29 is 0 Å². The lowest BCUT2D eigenvalue weighted by atomic mass is 10.1. The fraction of sp³-hybridized carbons (Fsp3) is 0. The number of halogens is 1. The minimum atomic E-state index is 0.588. The second-order valence-electron chi connectivity index (χ2n) is 3.31. The minimum absolute atomic E-state index is 0.588. The number of aromatic nitrogens is 1. The number of nitriles is 1. The molecule has 0 unspecified atom stereocenters. The molecule has 1 aromatic heterocycles. The summed E-state index contributed by atoms with van der Waals surface area (Å²) in [5.74, 6) is 5.93. The van der Waals surface area contributed by atoms with Crippen molar-refractivity contribution in [1.82, 2.24) is 4.98 Å². The normalized spacial score (nSPS) is 8.94. The van der Waals surface area contributed by atoms with E-state index < -0.39 is 0 Å². The van der Waals surface area contributed by atoms with Crippen molar-refractivity contribution in [3.8, 4) is 17.9 Å². The molecule has 0 fully saturated rings. The summed E-state index contributed by atoms with van der Waals surface area (Å²) < 4.78 is 0.849. The van der Waals surface area contributed by atoms with E-state index >= 15 is 0 Å². The van der Waals surface area contributed by atoms with Crippen molar-refractivity contribution in [3.05, 3.63) is 63.9 Å². The Labute approximate surface area is 108 Å². The molecule has 0 spiro atoms. The molecular weight excluding hydrogens is 276 g/mol. The van der Waals surface area contributed by atoms with Crippen LogP contribution in [0.25, 0.3) is 0 Å². The van der Waals surface area contributed by atoms with Crippen LogP contribution in [0.1, 0.15) is 16.8 Å². The molecule has 0 N–H and O–H groups in total. The van der Waals surface area contributed by atoms with E-state index in [1.54, 1.807) is 18.3 Å². The van der Waals surface area contributed by atoms with Gasteiger partial charge in [-0.25, -0.2) is 4.98 Å². The van der Waals surface area contributed by atoms with Gasteiger partial charge >= 0.3 is 0 Å². The summed E-state index contributed by atoms with van der Waals surface area (Å²) in [6.07, 6.45) is 1.70. The van der Waals surface area contributed by atoms with Crippen LogP contribution in [0.5, 0.6) is 0 Å². The maximum absolute atomic E-state index is 8.84. The third-order valence-electron chi connectivity index (χ3n) is 2.03. The number of hydrogen-bond acceptors (Lipinski definition) is 2. The van der Waals surface area contributed by atoms with Gasteiger partial charge in [-0.3, -0.25) is 0 Å². The van der Waals surface area contributed by atoms with E-state index in [0.717, 1.165) is 10.0 Å². The Morgan fingerprint density at radius 3 is 2.59 bits per heavy atom. The van der Waals surface area contributed by atoms with Crippen LogP contribution in [0.15, 0.2) is 47.1 Å². The highest BCUT2D eigenvalue weighted by Gasteiger charge is 1.96. The van der Waals surface area contributed by atoms with E-state index in [4.69, 9.17) is 5.26 Å². The SMILES string of the molecule is N#Cc1cc(Br)cc(C#Cc2ccccn2)c1. The Kier molecular flexibility index (Phi) is 3.55. The summed E-state index contributed by atoms with van der Waals surface area (Å²) in [5.41, 5.74) is 2.09. The van der Waals surface area contributed by atoms with Gasteiger partial charge in [-0.1, -0.05) is 27.9 Å². The van der Waals surface area contributed by atoms with Gasteiger partial charge in [-0.15, -0.1) is 0 Å². The van der Waals surface area contributed by atoms with Gasteiger partial charge in [0.15, 0.2) is 0 Å². The molecule has 0 aliphatic carbocycles. The smallest absolute Gasteiger partial charge is 0.113 e. The maximum Gasteiger partial charge on any atom is 0.113 e. The van der Waals surface area contributed by atoms with Crippen LogP contribution in [-0.4, -0.2) is 4.98 Å². The fourth-order valence-electron chi connectivity index (χ4n) is 1.30. The van der Waals surface area contributed by atoms with E-state index in [9.17, 15) is 0 Å². The first-order valence-electron chi connectivity index (χ1n) is 4.92. The second-order valence-corrected chi connectivity index (χ2v) is 4.22. The third-order valence-corrected chi connectivity index (χ3v) is 2.48. The molecule has 0 saturated heterocycles. The first-order chi connectivity index (χ1) is 8.28. The Balaban J connectivity index is 2.35. The minimum Gasteiger partial charge on any atom is -0.248 e. The molecule has 0 atom stereocenters. The van der Waals surface area contributed by atoms with Gasteiger partial charge in [-0.2, -0.15) is 5.26 Å². The van der Waals surface area contributed by atoms with Crippen LogP contribution < -0.4 is 0 Å². The second kappa shape index (κ2) is 5.30. The van der Waals surface area contributed by atoms with Crippen LogP contribution in [0.4, 0.5) is 0 Å². The average Bonchev–Trinajstić information content (AvgIpc) is 2.37. The molecule has 0 saturated carbocycles.